The molecule has 132 valence electrons. The summed E-state index contributed by atoms with van der Waals surface area (Å²) in [4.78, 5) is 17.2. The van der Waals surface area contributed by atoms with Gasteiger partial charge in [-0.2, -0.15) is 0 Å². The molecular formula is C16H33Cl2N3O. The van der Waals surface area contributed by atoms with Crippen LogP contribution in [-0.4, -0.2) is 54.0 Å². The highest BCUT2D eigenvalue weighted by molar-refractivity contribution is 5.85. The number of rotatable bonds is 3. The Balaban J connectivity index is 0.00000220. The average molecular weight is 354 g/mol. The van der Waals surface area contributed by atoms with Crippen molar-refractivity contribution in [2.24, 2.45) is 11.7 Å². The minimum Gasteiger partial charge on any atom is -0.341 e. The zero-order valence-corrected chi connectivity index (χ0v) is 15.6. The lowest BCUT2D eigenvalue weighted by molar-refractivity contribution is -0.138. The van der Waals surface area contributed by atoms with Crippen molar-refractivity contribution in [3.63, 3.8) is 0 Å². The highest BCUT2D eigenvalue weighted by atomic mass is 35.5. The van der Waals surface area contributed by atoms with Gasteiger partial charge in [0.2, 0.25) is 5.91 Å². The summed E-state index contributed by atoms with van der Waals surface area (Å²) in [5, 5.41) is 0. The van der Waals surface area contributed by atoms with E-state index >= 15 is 0 Å². The summed E-state index contributed by atoms with van der Waals surface area (Å²) in [5.74, 6) is 0.793. The van der Waals surface area contributed by atoms with Crippen LogP contribution in [0, 0.1) is 5.92 Å². The molecule has 0 bridgehead atoms. The number of carbonyl (C=O) groups is 1. The largest absolute Gasteiger partial charge is 0.341 e. The highest BCUT2D eigenvalue weighted by Crippen LogP contribution is 2.21. The minimum atomic E-state index is 0. The van der Waals surface area contributed by atoms with E-state index in [1.807, 2.05) is 0 Å². The molecule has 3 unspecified atom stereocenters. The molecular weight excluding hydrogens is 321 g/mol. The summed E-state index contributed by atoms with van der Waals surface area (Å²) in [6, 6.07) is 0.235. The Morgan fingerprint density at radius 2 is 1.59 bits per heavy atom. The van der Waals surface area contributed by atoms with Crippen molar-refractivity contribution in [3.8, 4) is 0 Å². The maximum atomic E-state index is 12.7. The molecule has 0 aromatic heterocycles. The van der Waals surface area contributed by atoms with Gasteiger partial charge in [0.25, 0.3) is 0 Å². The van der Waals surface area contributed by atoms with Gasteiger partial charge in [-0.05, 0) is 58.5 Å². The fraction of sp³-hybridized carbons (Fsp3) is 0.938. The number of nitrogens with two attached hydrogens (primary N) is 1. The van der Waals surface area contributed by atoms with Gasteiger partial charge >= 0.3 is 0 Å². The van der Waals surface area contributed by atoms with Crippen LogP contribution in [0.1, 0.15) is 52.4 Å². The first kappa shape index (κ1) is 22.0. The van der Waals surface area contributed by atoms with Crippen LogP contribution in [0.2, 0.25) is 0 Å². The van der Waals surface area contributed by atoms with Crippen molar-refractivity contribution >= 4 is 30.7 Å². The first-order valence-electron chi connectivity index (χ1n) is 8.38. The number of hydrogen-bond donors (Lipinski definition) is 1. The van der Waals surface area contributed by atoms with E-state index in [0.717, 1.165) is 32.6 Å². The zero-order valence-electron chi connectivity index (χ0n) is 14.0. The van der Waals surface area contributed by atoms with Gasteiger partial charge in [0.1, 0.15) is 0 Å². The standard InChI is InChI=1S/C16H31N3O.2ClH/c1-13(17)15-8-7-11-19(12-15)16(20)14(2)18-9-5-3-4-6-10-18;;/h13-15H,3-12,17H2,1-2H3;2*1H. The summed E-state index contributed by atoms with van der Waals surface area (Å²) in [5.41, 5.74) is 6.02. The maximum absolute atomic E-state index is 12.7. The lowest BCUT2D eigenvalue weighted by Gasteiger charge is -2.38. The molecule has 2 rings (SSSR count). The summed E-state index contributed by atoms with van der Waals surface area (Å²) < 4.78 is 0. The predicted octanol–water partition coefficient (Wildman–Crippen LogP) is 2.68. The van der Waals surface area contributed by atoms with Gasteiger partial charge in [0, 0.05) is 19.1 Å². The van der Waals surface area contributed by atoms with E-state index in [1.165, 1.54) is 32.1 Å². The number of carbonyl (C=O) groups excluding carboxylic acids is 1. The van der Waals surface area contributed by atoms with Gasteiger partial charge in [-0.1, -0.05) is 12.8 Å². The molecule has 3 atom stereocenters. The van der Waals surface area contributed by atoms with E-state index in [2.05, 4.69) is 23.6 Å². The van der Waals surface area contributed by atoms with E-state index in [4.69, 9.17) is 5.73 Å². The van der Waals surface area contributed by atoms with Crippen LogP contribution < -0.4 is 5.73 Å². The van der Waals surface area contributed by atoms with Crippen LogP contribution >= 0.6 is 24.8 Å². The topological polar surface area (TPSA) is 49.6 Å². The number of halogens is 2. The van der Waals surface area contributed by atoms with Gasteiger partial charge in [0.05, 0.1) is 6.04 Å². The van der Waals surface area contributed by atoms with E-state index in [9.17, 15) is 4.79 Å². The summed E-state index contributed by atoms with van der Waals surface area (Å²) in [7, 11) is 0. The molecule has 0 aliphatic carbocycles. The molecule has 0 saturated carbocycles. The molecule has 1 amide bonds. The quantitative estimate of drug-likeness (QED) is 0.848. The molecule has 0 aromatic carbocycles. The van der Waals surface area contributed by atoms with E-state index in [-0.39, 0.29) is 36.9 Å². The Morgan fingerprint density at radius 1 is 1.00 bits per heavy atom. The first-order valence-corrected chi connectivity index (χ1v) is 8.38. The predicted molar refractivity (Wildman–Crippen MR) is 97.0 cm³/mol. The monoisotopic (exact) mass is 353 g/mol. The van der Waals surface area contributed by atoms with E-state index < -0.39 is 0 Å². The normalized spacial score (nSPS) is 26.1. The summed E-state index contributed by atoms with van der Waals surface area (Å²) >= 11 is 0. The summed E-state index contributed by atoms with van der Waals surface area (Å²) in [6.07, 6.45) is 7.37. The van der Waals surface area contributed by atoms with Crippen molar-refractivity contribution in [1.82, 2.24) is 9.80 Å². The van der Waals surface area contributed by atoms with Crippen LogP contribution in [0.25, 0.3) is 0 Å². The lowest BCUT2D eigenvalue weighted by Crippen LogP contribution is -2.52. The second-order valence-electron chi connectivity index (χ2n) is 6.67. The fourth-order valence-corrected chi connectivity index (χ4v) is 3.54. The molecule has 0 radical (unpaired) electrons. The molecule has 6 heteroatoms. The van der Waals surface area contributed by atoms with Crippen molar-refractivity contribution in [2.75, 3.05) is 26.2 Å². The second kappa shape index (κ2) is 10.7. The Labute approximate surface area is 148 Å². The molecule has 2 aliphatic rings. The molecule has 4 nitrogen and oxygen atoms in total. The Morgan fingerprint density at radius 3 is 2.14 bits per heavy atom. The maximum Gasteiger partial charge on any atom is 0.239 e. The van der Waals surface area contributed by atoms with E-state index in [0.29, 0.717) is 11.8 Å². The minimum absolute atomic E-state index is 0. The zero-order chi connectivity index (χ0) is 14.5. The van der Waals surface area contributed by atoms with Gasteiger partial charge in [-0.25, -0.2) is 0 Å². The van der Waals surface area contributed by atoms with Crippen molar-refractivity contribution in [3.05, 3.63) is 0 Å². The number of amides is 1. The fourth-order valence-electron chi connectivity index (χ4n) is 3.54. The van der Waals surface area contributed by atoms with E-state index in [1.54, 1.807) is 0 Å². The van der Waals surface area contributed by atoms with Crippen molar-refractivity contribution in [2.45, 2.75) is 64.5 Å². The molecule has 0 spiro atoms. The SMILES string of the molecule is CC(N)C1CCCN(C(=O)C(C)N2CCCCCC2)C1.Cl.Cl. The highest BCUT2D eigenvalue weighted by Gasteiger charge is 2.30. The van der Waals surface area contributed by atoms with Crippen LogP contribution in [0.3, 0.4) is 0 Å². The molecule has 2 fully saturated rings. The molecule has 2 N–H and O–H groups in total. The molecule has 2 heterocycles. The average Bonchev–Trinajstić information content (AvgIpc) is 2.75. The third-order valence-electron chi connectivity index (χ3n) is 5.06. The lowest BCUT2D eigenvalue weighted by atomic mass is 9.92. The van der Waals surface area contributed by atoms with Crippen LogP contribution in [0.15, 0.2) is 0 Å². The summed E-state index contributed by atoms with van der Waals surface area (Å²) in [6.45, 7) is 8.09. The molecule has 0 aromatic rings. The van der Waals surface area contributed by atoms with Crippen LogP contribution in [0.5, 0.6) is 0 Å². The number of piperidine rings is 1. The van der Waals surface area contributed by atoms with Gasteiger partial charge in [-0.15, -0.1) is 24.8 Å². The smallest absolute Gasteiger partial charge is 0.239 e. The van der Waals surface area contributed by atoms with Crippen molar-refractivity contribution in [1.29, 1.82) is 0 Å². The van der Waals surface area contributed by atoms with Gasteiger partial charge in [0.15, 0.2) is 0 Å². The van der Waals surface area contributed by atoms with Crippen molar-refractivity contribution < 1.29 is 4.79 Å². The van der Waals surface area contributed by atoms with Gasteiger partial charge in [-0.3, -0.25) is 9.69 Å². The van der Waals surface area contributed by atoms with Crippen LogP contribution in [-0.2, 0) is 4.79 Å². The second-order valence-corrected chi connectivity index (χ2v) is 6.67. The Hall–Kier alpha value is -0.0300. The molecule has 22 heavy (non-hydrogen) atoms. The Bertz CT molecular complexity index is 317. The number of likely N-dealkylation sites (tertiary alicyclic amines) is 2. The molecule has 2 saturated heterocycles. The molecule has 2 aliphatic heterocycles. The Kier molecular flexibility index (Phi) is 10.7. The van der Waals surface area contributed by atoms with Gasteiger partial charge < -0.3 is 10.6 Å². The third-order valence-corrected chi connectivity index (χ3v) is 5.06. The number of hydrogen-bond acceptors (Lipinski definition) is 3. The number of nitrogens with zero attached hydrogens (tertiary/aromatic N) is 2. The van der Waals surface area contributed by atoms with Crippen LogP contribution in [0.4, 0.5) is 0 Å². The third kappa shape index (κ3) is 5.88. The first-order chi connectivity index (χ1) is 9.59.